The topological polar surface area (TPSA) is 136 Å². The third-order valence-electron chi connectivity index (χ3n) is 2.13. The van der Waals surface area contributed by atoms with Crippen LogP contribution in [0.15, 0.2) is 0 Å². The molecule has 9 nitrogen and oxygen atoms in total. The van der Waals surface area contributed by atoms with Crippen molar-refractivity contribution in [3.8, 4) is 0 Å². The zero-order chi connectivity index (χ0) is 14.8. The minimum absolute atomic E-state index is 0.129. The quantitative estimate of drug-likeness (QED) is 0.379. The second-order valence-corrected chi connectivity index (χ2v) is 3.70. The Morgan fingerprint density at radius 3 is 2.37 bits per heavy atom. The lowest BCUT2D eigenvalue weighted by Gasteiger charge is -2.20. The van der Waals surface area contributed by atoms with Crippen LogP contribution in [0, 0.1) is 0 Å². The lowest BCUT2D eigenvalue weighted by Crippen LogP contribution is -2.48. The number of hydrogen-bond acceptors (Lipinski definition) is 5. The van der Waals surface area contributed by atoms with E-state index in [4.69, 9.17) is 20.1 Å². The van der Waals surface area contributed by atoms with Crippen LogP contribution in [0.4, 0.5) is 4.79 Å². The van der Waals surface area contributed by atoms with Crippen LogP contribution in [0.25, 0.3) is 0 Å². The van der Waals surface area contributed by atoms with Crippen molar-refractivity contribution < 1.29 is 34.4 Å². The Balaban J connectivity index is 4.16. The summed E-state index contributed by atoms with van der Waals surface area (Å²) in [6.45, 7) is 0.383. The molecule has 0 saturated carbocycles. The molecule has 0 spiro atoms. The molecule has 9 heteroatoms. The molecule has 2 amide bonds. The van der Waals surface area contributed by atoms with E-state index in [9.17, 15) is 14.4 Å². The lowest BCUT2D eigenvalue weighted by atomic mass is 10.2. The summed E-state index contributed by atoms with van der Waals surface area (Å²) < 4.78 is 4.94. The molecule has 0 saturated heterocycles. The molecule has 4 N–H and O–H groups in total. The molecule has 1 unspecified atom stereocenters. The number of rotatable bonds is 9. The average Bonchev–Trinajstić information content (AvgIpc) is 2.32. The van der Waals surface area contributed by atoms with Gasteiger partial charge in [0.25, 0.3) is 0 Å². The van der Waals surface area contributed by atoms with Gasteiger partial charge in [0.15, 0.2) is 0 Å². The molecule has 0 rings (SSSR count). The zero-order valence-corrected chi connectivity index (χ0v) is 10.5. The predicted octanol–water partition coefficient (Wildman–Crippen LogP) is -1.44. The monoisotopic (exact) mass is 278 g/mol. The van der Waals surface area contributed by atoms with Crippen LogP contribution in [0.3, 0.4) is 0 Å². The first-order valence-corrected chi connectivity index (χ1v) is 5.53. The standard InChI is InChI=1S/C10H18N2O7/c1-12(2-4-19-5-3-13)10(18)11-7(9(16)17)6-8(14)15/h7,13H,2-6H2,1H3,(H,11,18)(H,14,15)(H,16,17). The molecular weight excluding hydrogens is 260 g/mol. The summed E-state index contributed by atoms with van der Waals surface area (Å²) in [5.41, 5.74) is 0. The smallest absolute Gasteiger partial charge is 0.326 e. The summed E-state index contributed by atoms with van der Waals surface area (Å²) in [5.74, 6) is -2.73. The van der Waals surface area contributed by atoms with Crippen LogP contribution in [0.1, 0.15) is 6.42 Å². The van der Waals surface area contributed by atoms with E-state index in [2.05, 4.69) is 5.32 Å². The molecule has 0 aromatic heterocycles. The highest BCUT2D eigenvalue weighted by molar-refractivity contribution is 5.86. The third-order valence-corrected chi connectivity index (χ3v) is 2.13. The molecule has 0 fully saturated rings. The van der Waals surface area contributed by atoms with E-state index in [1.54, 1.807) is 0 Å². The number of urea groups is 1. The Hall–Kier alpha value is -1.87. The summed E-state index contributed by atoms with van der Waals surface area (Å²) in [7, 11) is 1.41. The summed E-state index contributed by atoms with van der Waals surface area (Å²) in [4.78, 5) is 33.9. The Morgan fingerprint density at radius 2 is 1.89 bits per heavy atom. The van der Waals surface area contributed by atoms with Gasteiger partial charge in [-0.1, -0.05) is 0 Å². The fourth-order valence-electron chi connectivity index (χ4n) is 1.10. The number of carboxylic acid groups (broad SMARTS) is 2. The number of carbonyl (C=O) groups is 3. The van der Waals surface area contributed by atoms with Gasteiger partial charge in [-0.15, -0.1) is 0 Å². The number of nitrogens with one attached hydrogen (secondary N) is 1. The molecule has 0 aliphatic rings. The molecule has 0 radical (unpaired) electrons. The molecule has 0 aliphatic heterocycles. The van der Waals surface area contributed by atoms with Gasteiger partial charge in [-0.25, -0.2) is 9.59 Å². The van der Waals surface area contributed by atoms with E-state index in [0.717, 1.165) is 4.90 Å². The molecule has 19 heavy (non-hydrogen) atoms. The van der Waals surface area contributed by atoms with Gasteiger partial charge in [-0.2, -0.15) is 0 Å². The first-order chi connectivity index (χ1) is 8.88. The Kier molecular flexibility index (Phi) is 8.22. The van der Waals surface area contributed by atoms with Gasteiger partial charge in [0.2, 0.25) is 0 Å². The molecule has 110 valence electrons. The molecule has 0 bridgehead atoms. The number of hydrogen-bond donors (Lipinski definition) is 4. The van der Waals surface area contributed by atoms with Crippen LogP contribution < -0.4 is 5.32 Å². The summed E-state index contributed by atoms with van der Waals surface area (Å²) >= 11 is 0. The Labute approximate surface area is 109 Å². The summed E-state index contributed by atoms with van der Waals surface area (Å²) in [5, 5.41) is 27.8. The lowest BCUT2D eigenvalue weighted by molar-refractivity contribution is -0.145. The van der Waals surface area contributed by atoms with E-state index in [0.29, 0.717) is 0 Å². The molecular formula is C10H18N2O7. The van der Waals surface area contributed by atoms with Crippen molar-refractivity contribution in [3.05, 3.63) is 0 Å². The van der Waals surface area contributed by atoms with Crippen molar-refractivity contribution in [2.75, 3.05) is 33.4 Å². The van der Waals surface area contributed by atoms with Crippen molar-refractivity contribution in [2.45, 2.75) is 12.5 Å². The van der Waals surface area contributed by atoms with Gasteiger partial charge in [-0.05, 0) is 0 Å². The van der Waals surface area contributed by atoms with E-state index < -0.39 is 30.4 Å². The highest BCUT2D eigenvalue weighted by atomic mass is 16.5. The van der Waals surface area contributed by atoms with Crippen LogP contribution in [-0.2, 0) is 14.3 Å². The second kappa shape index (κ2) is 9.11. The van der Waals surface area contributed by atoms with Crippen molar-refractivity contribution >= 4 is 18.0 Å². The maximum Gasteiger partial charge on any atom is 0.326 e. The number of carbonyl (C=O) groups excluding carboxylic acids is 1. The highest BCUT2D eigenvalue weighted by Gasteiger charge is 2.24. The summed E-state index contributed by atoms with van der Waals surface area (Å²) in [6, 6.07) is -2.19. The van der Waals surface area contributed by atoms with Crippen LogP contribution in [0.5, 0.6) is 0 Å². The molecule has 0 aromatic carbocycles. The van der Waals surface area contributed by atoms with Crippen molar-refractivity contribution in [1.82, 2.24) is 10.2 Å². The number of likely N-dealkylation sites (N-methyl/N-ethyl adjacent to an activating group) is 1. The van der Waals surface area contributed by atoms with Gasteiger partial charge in [0.05, 0.1) is 26.2 Å². The first kappa shape index (κ1) is 17.1. The van der Waals surface area contributed by atoms with Crippen molar-refractivity contribution in [1.29, 1.82) is 0 Å². The number of amides is 2. The average molecular weight is 278 g/mol. The van der Waals surface area contributed by atoms with Crippen molar-refractivity contribution in [2.24, 2.45) is 0 Å². The van der Waals surface area contributed by atoms with Gasteiger partial charge in [0.1, 0.15) is 6.04 Å². The number of carboxylic acids is 2. The van der Waals surface area contributed by atoms with E-state index >= 15 is 0 Å². The normalized spacial score (nSPS) is 11.7. The van der Waals surface area contributed by atoms with Crippen LogP contribution >= 0.6 is 0 Å². The number of aliphatic hydroxyl groups excluding tert-OH is 1. The van der Waals surface area contributed by atoms with E-state index in [1.165, 1.54) is 7.05 Å². The van der Waals surface area contributed by atoms with Gasteiger partial charge in [0, 0.05) is 13.6 Å². The Bertz CT molecular complexity index is 321. The highest BCUT2D eigenvalue weighted by Crippen LogP contribution is 1.95. The zero-order valence-electron chi connectivity index (χ0n) is 10.5. The first-order valence-electron chi connectivity index (χ1n) is 5.53. The maximum absolute atomic E-state index is 11.6. The minimum atomic E-state index is -1.48. The second-order valence-electron chi connectivity index (χ2n) is 3.70. The fourth-order valence-corrected chi connectivity index (χ4v) is 1.10. The minimum Gasteiger partial charge on any atom is -0.481 e. The number of ether oxygens (including phenoxy) is 1. The maximum atomic E-state index is 11.6. The largest absolute Gasteiger partial charge is 0.481 e. The van der Waals surface area contributed by atoms with Gasteiger partial charge < -0.3 is 30.3 Å². The number of aliphatic carboxylic acids is 2. The molecule has 1 atom stereocenters. The van der Waals surface area contributed by atoms with Gasteiger partial charge >= 0.3 is 18.0 Å². The fraction of sp³-hybridized carbons (Fsp3) is 0.700. The van der Waals surface area contributed by atoms with Gasteiger partial charge in [-0.3, -0.25) is 4.79 Å². The van der Waals surface area contributed by atoms with Crippen LogP contribution in [-0.4, -0.2) is 77.6 Å². The SMILES string of the molecule is CN(CCOCCO)C(=O)NC(CC(=O)O)C(=O)O. The Morgan fingerprint density at radius 1 is 1.26 bits per heavy atom. The third kappa shape index (κ3) is 7.95. The van der Waals surface area contributed by atoms with E-state index in [1.807, 2.05) is 0 Å². The molecule has 0 aliphatic carbocycles. The van der Waals surface area contributed by atoms with Crippen molar-refractivity contribution in [3.63, 3.8) is 0 Å². The number of aliphatic hydroxyl groups is 1. The van der Waals surface area contributed by atoms with E-state index in [-0.39, 0.29) is 26.4 Å². The predicted molar refractivity (Wildman–Crippen MR) is 62.7 cm³/mol. The molecule has 0 aromatic rings. The summed E-state index contributed by atoms with van der Waals surface area (Å²) in [6.07, 6.45) is -0.698. The number of nitrogens with zero attached hydrogens (tertiary/aromatic N) is 1. The van der Waals surface area contributed by atoms with Crippen LogP contribution in [0.2, 0.25) is 0 Å². The molecule has 0 heterocycles.